The summed E-state index contributed by atoms with van der Waals surface area (Å²) in [6, 6.07) is 9.47. The van der Waals surface area contributed by atoms with E-state index in [9.17, 15) is 4.79 Å². The third kappa shape index (κ3) is 3.73. The van der Waals surface area contributed by atoms with Gasteiger partial charge in [-0.2, -0.15) is 0 Å². The van der Waals surface area contributed by atoms with Gasteiger partial charge in [0.05, 0.1) is 0 Å². The molecule has 1 aromatic rings. The minimum absolute atomic E-state index is 0.0354. The summed E-state index contributed by atoms with van der Waals surface area (Å²) in [4.78, 5) is 11.8. The molecule has 0 heterocycles. The molecule has 0 aromatic heterocycles. The summed E-state index contributed by atoms with van der Waals surface area (Å²) in [5.41, 5.74) is 1.61. The molecular formula is C14H17NO. The summed E-state index contributed by atoms with van der Waals surface area (Å²) in [6.07, 6.45) is 6.36. The zero-order valence-corrected chi connectivity index (χ0v) is 9.73. The quantitative estimate of drug-likeness (QED) is 0.604. The Bertz CT molecular complexity index is 390. The van der Waals surface area contributed by atoms with Crippen LogP contribution in [0.3, 0.4) is 0 Å². The smallest absolute Gasteiger partial charge is 0.251 e. The highest BCUT2D eigenvalue weighted by Crippen LogP contribution is 2.09. The highest BCUT2D eigenvalue weighted by molar-refractivity contribution is 6.03. The first-order chi connectivity index (χ1) is 7.77. The van der Waals surface area contributed by atoms with E-state index in [1.165, 1.54) is 0 Å². The first kappa shape index (κ1) is 12.2. The molecule has 0 radical (unpaired) electrons. The Hall–Kier alpha value is -1.83. The maximum Gasteiger partial charge on any atom is 0.251 e. The number of hydrogen-bond donors (Lipinski definition) is 1. The summed E-state index contributed by atoms with van der Waals surface area (Å²) in [5.74, 6) is -0.0354. The number of carbonyl (C=O) groups excluding carboxylic acids is 1. The predicted octanol–water partition coefficient (Wildman–Crippen LogP) is 3.54. The van der Waals surface area contributed by atoms with Crippen molar-refractivity contribution in [3.05, 3.63) is 54.1 Å². The lowest BCUT2D eigenvalue weighted by Gasteiger charge is -2.06. The van der Waals surface area contributed by atoms with Gasteiger partial charge in [-0.25, -0.2) is 0 Å². The molecule has 84 valence electrons. The van der Waals surface area contributed by atoms with Gasteiger partial charge in [-0.1, -0.05) is 43.4 Å². The van der Waals surface area contributed by atoms with E-state index < -0.39 is 0 Å². The second-order valence-corrected chi connectivity index (χ2v) is 3.39. The molecule has 0 aliphatic rings. The molecule has 0 fully saturated rings. The molecule has 1 N–H and O–H groups in total. The van der Waals surface area contributed by atoms with Crippen molar-refractivity contribution in [2.45, 2.75) is 20.3 Å². The van der Waals surface area contributed by atoms with E-state index in [0.29, 0.717) is 0 Å². The summed E-state index contributed by atoms with van der Waals surface area (Å²) in [6.45, 7) is 3.90. The van der Waals surface area contributed by atoms with Gasteiger partial charge in [-0.05, 0) is 25.5 Å². The lowest BCUT2D eigenvalue weighted by Crippen LogP contribution is -2.13. The van der Waals surface area contributed by atoms with Crippen molar-refractivity contribution in [2.24, 2.45) is 0 Å². The van der Waals surface area contributed by atoms with Crippen LogP contribution in [-0.4, -0.2) is 5.91 Å². The Balaban J connectivity index is 2.71. The number of anilines is 1. The Kier molecular flexibility index (Phi) is 5.06. The number of allylic oxidation sites excluding steroid dienone is 3. The van der Waals surface area contributed by atoms with Crippen LogP contribution in [0.25, 0.3) is 0 Å². The van der Waals surface area contributed by atoms with Gasteiger partial charge in [-0.15, -0.1) is 0 Å². The Labute approximate surface area is 96.7 Å². The van der Waals surface area contributed by atoms with Crippen LogP contribution in [0.5, 0.6) is 0 Å². The third-order valence-corrected chi connectivity index (χ3v) is 2.19. The van der Waals surface area contributed by atoms with E-state index in [-0.39, 0.29) is 5.91 Å². The standard InChI is InChI=1S/C14H17NO/c1-3-5-9-12(4-2)14(16)15-13-10-7-6-8-11-13/h3,5-11H,4H2,1-2H3,(H,15,16)/b5-3-,12-9+. The first-order valence-corrected chi connectivity index (χ1v) is 5.46. The van der Waals surface area contributed by atoms with Gasteiger partial charge in [0.1, 0.15) is 0 Å². The topological polar surface area (TPSA) is 29.1 Å². The fraction of sp³-hybridized carbons (Fsp3) is 0.214. The Morgan fingerprint density at radius 1 is 1.31 bits per heavy atom. The summed E-state index contributed by atoms with van der Waals surface area (Å²) >= 11 is 0. The maximum absolute atomic E-state index is 11.8. The zero-order valence-electron chi connectivity index (χ0n) is 9.73. The van der Waals surface area contributed by atoms with Gasteiger partial charge < -0.3 is 5.32 Å². The van der Waals surface area contributed by atoms with E-state index >= 15 is 0 Å². The lowest BCUT2D eigenvalue weighted by molar-refractivity contribution is -0.112. The van der Waals surface area contributed by atoms with Crippen LogP contribution in [0, 0.1) is 0 Å². The van der Waals surface area contributed by atoms with Crippen LogP contribution < -0.4 is 5.32 Å². The number of rotatable bonds is 4. The summed E-state index contributed by atoms with van der Waals surface area (Å²) in [7, 11) is 0. The van der Waals surface area contributed by atoms with Gasteiger partial charge in [-0.3, -0.25) is 4.79 Å². The molecule has 0 spiro atoms. The van der Waals surface area contributed by atoms with Crippen molar-refractivity contribution in [2.75, 3.05) is 5.32 Å². The van der Waals surface area contributed by atoms with Crippen LogP contribution in [0.1, 0.15) is 20.3 Å². The number of carbonyl (C=O) groups is 1. The molecule has 0 bridgehead atoms. The van der Waals surface area contributed by atoms with Crippen molar-refractivity contribution < 1.29 is 4.79 Å². The zero-order chi connectivity index (χ0) is 11.8. The van der Waals surface area contributed by atoms with Crippen molar-refractivity contribution in [3.8, 4) is 0 Å². The molecule has 1 aromatic carbocycles. The molecular weight excluding hydrogens is 198 g/mol. The molecule has 16 heavy (non-hydrogen) atoms. The first-order valence-electron chi connectivity index (χ1n) is 5.46. The molecule has 0 saturated carbocycles. The third-order valence-electron chi connectivity index (χ3n) is 2.19. The van der Waals surface area contributed by atoms with Crippen molar-refractivity contribution in [3.63, 3.8) is 0 Å². The Morgan fingerprint density at radius 3 is 2.56 bits per heavy atom. The maximum atomic E-state index is 11.8. The molecule has 0 aliphatic carbocycles. The van der Waals surface area contributed by atoms with Crippen LogP contribution in [-0.2, 0) is 4.79 Å². The summed E-state index contributed by atoms with van der Waals surface area (Å²) in [5, 5.41) is 2.86. The predicted molar refractivity (Wildman–Crippen MR) is 68.3 cm³/mol. The van der Waals surface area contributed by atoms with Crippen molar-refractivity contribution >= 4 is 11.6 Å². The van der Waals surface area contributed by atoms with E-state index in [2.05, 4.69) is 5.32 Å². The molecule has 0 aliphatic heterocycles. The SMILES string of the molecule is C/C=C\C=C(/CC)C(=O)Nc1ccccc1. The number of benzene rings is 1. The number of amides is 1. The number of nitrogens with one attached hydrogen (secondary N) is 1. The lowest BCUT2D eigenvalue weighted by atomic mass is 10.1. The second-order valence-electron chi connectivity index (χ2n) is 3.39. The highest BCUT2D eigenvalue weighted by Gasteiger charge is 2.05. The summed E-state index contributed by atoms with van der Waals surface area (Å²) < 4.78 is 0. The number of para-hydroxylation sites is 1. The largest absolute Gasteiger partial charge is 0.322 e. The minimum Gasteiger partial charge on any atom is -0.322 e. The Morgan fingerprint density at radius 2 is 2.00 bits per heavy atom. The van der Waals surface area contributed by atoms with Crippen LogP contribution in [0.15, 0.2) is 54.1 Å². The van der Waals surface area contributed by atoms with E-state index in [4.69, 9.17) is 0 Å². The fourth-order valence-corrected chi connectivity index (χ4v) is 1.30. The van der Waals surface area contributed by atoms with E-state index in [1.807, 2.05) is 62.4 Å². The van der Waals surface area contributed by atoms with Gasteiger partial charge in [0.15, 0.2) is 0 Å². The minimum atomic E-state index is -0.0354. The average Bonchev–Trinajstić information content (AvgIpc) is 2.31. The normalized spacial score (nSPS) is 11.8. The van der Waals surface area contributed by atoms with Crippen LogP contribution in [0.4, 0.5) is 5.69 Å². The molecule has 0 atom stereocenters. The molecule has 0 unspecified atom stereocenters. The average molecular weight is 215 g/mol. The van der Waals surface area contributed by atoms with Crippen molar-refractivity contribution in [1.82, 2.24) is 0 Å². The van der Waals surface area contributed by atoms with Gasteiger partial charge in [0.25, 0.3) is 5.91 Å². The van der Waals surface area contributed by atoms with Crippen LogP contribution in [0.2, 0.25) is 0 Å². The van der Waals surface area contributed by atoms with Gasteiger partial charge in [0.2, 0.25) is 0 Å². The molecule has 2 nitrogen and oxygen atoms in total. The molecule has 1 rings (SSSR count). The van der Waals surface area contributed by atoms with Gasteiger partial charge in [0, 0.05) is 11.3 Å². The second kappa shape index (κ2) is 6.62. The van der Waals surface area contributed by atoms with E-state index in [0.717, 1.165) is 17.7 Å². The van der Waals surface area contributed by atoms with Crippen molar-refractivity contribution in [1.29, 1.82) is 0 Å². The molecule has 1 amide bonds. The number of hydrogen-bond acceptors (Lipinski definition) is 1. The molecule has 2 heteroatoms. The molecule has 0 saturated heterocycles. The monoisotopic (exact) mass is 215 g/mol. The van der Waals surface area contributed by atoms with Crippen LogP contribution >= 0.6 is 0 Å². The van der Waals surface area contributed by atoms with Gasteiger partial charge >= 0.3 is 0 Å². The highest BCUT2D eigenvalue weighted by atomic mass is 16.1. The van der Waals surface area contributed by atoms with E-state index in [1.54, 1.807) is 0 Å². The fourth-order valence-electron chi connectivity index (χ4n) is 1.30.